The molecule has 5 heteroatoms. The minimum atomic E-state index is -0.0405. The van der Waals surface area contributed by atoms with E-state index in [-0.39, 0.29) is 17.9 Å². The van der Waals surface area contributed by atoms with E-state index in [1.165, 1.54) is 83.5 Å². The van der Waals surface area contributed by atoms with Crippen molar-refractivity contribution in [2.45, 2.75) is 175 Å². The molecule has 0 heterocycles. The normalized spacial score (nSPS) is 12.0. The molecule has 0 aromatic carbocycles. The van der Waals surface area contributed by atoms with Crippen molar-refractivity contribution in [3.05, 3.63) is 0 Å². The predicted molar refractivity (Wildman–Crippen MR) is 166 cm³/mol. The first-order valence-electron chi connectivity index (χ1n) is 17.2. The van der Waals surface area contributed by atoms with Crippen LogP contribution in [0.3, 0.4) is 0 Å². The summed E-state index contributed by atoms with van der Waals surface area (Å²) in [7, 11) is 0. The van der Waals surface area contributed by atoms with Crippen LogP contribution in [0.4, 0.5) is 0 Å². The van der Waals surface area contributed by atoms with E-state index in [2.05, 4.69) is 26.1 Å². The Labute approximate surface area is 243 Å². The molecule has 0 amide bonds. The zero-order chi connectivity index (χ0) is 28.7. The van der Waals surface area contributed by atoms with Crippen LogP contribution in [0.15, 0.2) is 0 Å². The van der Waals surface area contributed by atoms with Gasteiger partial charge in [-0.05, 0) is 58.0 Å². The molecular formula is C34H67NO4. The summed E-state index contributed by atoms with van der Waals surface area (Å²) in [5.41, 5.74) is 0. The molecule has 0 aromatic heterocycles. The monoisotopic (exact) mass is 554 g/mol. The van der Waals surface area contributed by atoms with Gasteiger partial charge < -0.3 is 14.8 Å². The summed E-state index contributed by atoms with van der Waals surface area (Å²) in [6, 6.07) is 0. The first-order valence-corrected chi connectivity index (χ1v) is 17.2. The van der Waals surface area contributed by atoms with E-state index in [0.717, 1.165) is 77.3 Å². The molecule has 0 fully saturated rings. The average Bonchev–Trinajstić information content (AvgIpc) is 2.94. The number of hydrogen-bond acceptors (Lipinski definition) is 5. The maximum Gasteiger partial charge on any atom is 0.308 e. The summed E-state index contributed by atoms with van der Waals surface area (Å²) in [4.78, 5) is 24.5. The van der Waals surface area contributed by atoms with E-state index >= 15 is 0 Å². The van der Waals surface area contributed by atoms with Crippen molar-refractivity contribution < 1.29 is 19.1 Å². The third-order valence-electron chi connectivity index (χ3n) is 7.63. The fraction of sp³-hybridized carbons (Fsp3) is 0.941. The Balaban J connectivity index is 3.70. The third kappa shape index (κ3) is 28.2. The van der Waals surface area contributed by atoms with Crippen LogP contribution in [0.25, 0.3) is 0 Å². The number of rotatable bonds is 31. The highest BCUT2D eigenvalue weighted by Crippen LogP contribution is 2.20. The SMILES string of the molecule is CCCCCCCCCC(=O)OCCCCNCCCCOC(=O)C(CCCCCC)CCCCCCCC. The smallest absolute Gasteiger partial charge is 0.308 e. The maximum atomic E-state index is 12.7. The molecule has 1 N–H and O–H groups in total. The highest BCUT2D eigenvalue weighted by molar-refractivity contribution is 5.72. The van der Waals surface area contributed by atoms with Crippen molar-refractivity contribution in [1.82, 2.24) is 5.32 Å². The summed E-state index contributed by atoms with van der Waals surface area (Å²) in [5, 5.41) is 3.45. The second-order valence-corrected chi connectivity index (χ2v) is 11.5. The lowest BCUT2D eigenvalue weighted by Gasteiger charge is -2.16. The van der Waals surface area contributed by atoms with E-state index < -0.39 is 0 Å². The Hall–Kier alpha value is -1.10. The molecule has 5 nitrogen and oxygen atoms in total. The lowest BCUT2D eigenvalue weighted by atomic mass is 9.94. The number of hydrogen-bond donors (Lipinski definition) is 1. The van der Waals surface area contributed by atoms with Crippen LogP contribution in [0.2, 0.25) is 0 Å². The third-order valence-corrected chi connectivity index (χ3v) is 7.63. The van der Waals surface area contributed by atoms with Crippen LogP contribution >= 0.6 is 0 Å². The van der Waals surface area contributed by atoms with Gasteiger partial charge in [0.2, 0.25) is 0 Å². The Morgan fingerprint density at radius 1 is 0.513 bits per heavy atom. The molecule has 0 aliphatic carbocycles. The predicted octanol–water partition coefficient (Wildman–Crippen LogP) is 9.70. The molecule has 0 saturated carbocycles. The fourth-order valence-electron chi connectivity index (χ4n) is 4.97. The average molecular weight is 554 g/mol. The summed E-state index contributed by atoms with van der Waals surface area (Å²) < 4.78 is 11.0. The minimum Gasteiger partial charge on any atom is -0.466 e. The van der Waals surface area contributed by atoms with Crippen molar-refractivity contribution in [3.63, 3.8) is 0 Å². The number of unbranched alkanes of at least 4 members (excludes halogenated alkanes) is 16. The largest absolute Gasteiger partial charge is 0.466 e. The lowest BCUT2D eigenvalue weighted by molar-refractivity contribution is -0.149. The molecular weight excluding hydrogens is 486 g/mol. The van der Waals surface area contributed by atoms with Crippen molar-refractivity contribution in [2.24, 2.45) is 5.92 Å². The summed E-state index contributed by atoms with van der Waals surface area (Å²) >= 11 is 0. The van der Waals surface area contributed by atoms with Gasteiger partial charge in [-0.1, -0.05) is 124 Å². The van der Waals surface area contributed by atoms with Gasteiger partial charge in [-0.15, -0.1) is 0 Å². The molecule has 1 atom stereocenters. The van der Waals surface area contributed by atoms with Crippen LogP contribution in [0, 0.1) is 5.92 Å². The Bertz CT molecular complexity index is 525. The standard InChI is InChI=1S/C34H67NO4/c1-4-7-10-13-15-17-20-27-33(36)38-30-23-21-28-35-29-22-24-31-39-34(37)32(25-18-12-9-6-3)26-19-16-14-11-8-5-2/h32,35H,4-31H2,1-3H3. The van der Waals surface area contributed by atoms with Crippen LogP contribution in [-0.4, -0.2) is 38.2 Å². The van der Waals surface area contributed by atoms with Crippen molar-refractivity contribution in [2.75, 3.05) is 26.3 Å². The van der Waals surface area contributed by atoms with Gasteiger partial charge in [0, 0.05) is 6.42 Å². The maximum absolute atomic E-state index is 12.7. The summed E-state index contributed by atoms with van der Waals surface area (Å²) in [5.74, 6) is 0.0894. The van der Waals surface area contributed by atoms with Gasteiger partial charge in [-0.3, -0.25) is 9.59 Å². The number of carbonyl (C=O) groups is 2. The minimum absolute atomic E-state index is 0.0366. The molecule has 0 spiro atoms. The molecule has 0 aliphatic rings. The van der Waals surface area contributed by atoms with E-state index in [1.807, 2.05) is 0 Å². The van der Waals surface area contributed by atoms with Crippen molar-refractivity contribution in [3.8, 4) is 0 Å². The van der Waals surface area contributed by atoms with Crippen LogP contribution in [0.5, 0.6) is 0 Å². The van der Waals surface area contributed by atoms with Gasteiger partial charge >= 0.3 is 11.9 Å². The second-order valence-electron chi connectivity index (χ2n) is 11.5. The second kappa shape index (κ2) is 31.4. The van der Waals surface area contributed by atoms with Gasteiger partial charge in [0.15, 0.2) is 0 Å². The molecule has 0 radical (unpaired) electrons. The molecule has 0 aliphatic heterocycles. The summed E-state index contributed by atoms with van der Waals surface area (Å²) in [6.07, 6.45) is 27.4. The molecule has 1 unspecified atom stereocenters. The zero-order valence-corrected chi connectivity index (χ0v) is 26.5. The Morgan fingerprint density at radius 2 is 0.949 bits per heavy atom. The van der Waals surface area contributed by atoms with Crippen LogP contribution in [-0.2, 0) is 19.1 Å². The van der Waals surface area contributed by atoms with Gasteiger partial charge in [0.1, 0.15) is 0 Å². The molecule has 0 bridgehead atoms. The number of esters is 2. The van der Waals surface area contributed by atoms with E-state index in [9.17, 15) is 9.59 Å². The topological polar surface area (TPSA) is 64.6 Å². The highest BCUT2D eigenvalue weighted by atomic mass is 16.5. The fourth-order valence-corrected chi connectivity index (χ4v) is 4.97. The van der Waals surface area contributed by atoms with Gasteiger partial charge in [0.05, 0.1) is 19.1 Å². The quantitative estimate of drug-likeness (QED) is 0.0683. The lowest BCUT2D eigenvalue weighted by Crippen LogP contribution is -2.20. The zero-order valence-electron chi connectivity index (χ0n) is 26.5. The first-order chi connectivity index (χ1) is 19.2. The number of nitrogens with one attached hydrogen (secondary N) is 1. The number of ether oxygens (including phenoxy) is 2. The van der Waals surface area contributed by atoms with Crippen LogP contribution < -0.4 is 5.32 Å². The molecule has 0 saturated heterocycles. The van der Waals surface area contributed by atoms with Gasteiger partial charge in [-0.2, -0.15) is 0 Å². The molecule has 0 aromatic rings. The van der Waals surface area contributed by atoms with Crippen LogP contribution in [0.1, 0.15) is 175 Å². The summed E-state index contributed by atoms with van der Waals surface area (Å²) in [6.45, 7) is 9.66. The molecule has 232 valence electrons. The van der Waals surface area contributed by atoms with Crippen molar-refractivity contribution in [1.29, 1.82) is 0 Å². The number of carbonyl (C=O) groups excluding carboxylic acids is 2. The first kappa shape index (κ1) is 37.9. The Kier molecular flexibility index (Phi) is 30.5. The highest BCUT2D eigenvalue weighted by Gasteiger charge is 2.19. The molecule has 39 heavy (non-hydrogen) atoms. The van der Waals surface area contributed by atoms with E-state index in [0.29, 0.717) is 19.6 Å². The molecule has 0 rings (SSSR count). The van der Waals surface area contributed by atoms with Crippen molar-refractivity contribution >= 4 is 11.9 Å². The van der Waals surface area contributed by atoms with Gasteiger partial charge in [0.25, 0.3) is 0 Å². The van der Waals surface area contributed by atoms with Gasteiger partial charge in [-0.25, -0.2) is 0 Å². The Morgan fingerprint density at radius 3 is 1.49 bits per heavy atom. The van der Waals surface area contributed by atoms with E-state index in [1.54, 1.807) is 0 Å². The van der Waals surface area contributed by atoms with E-state index in [4.69, 9.17) is 9.47 Å².